The number of H-pyrrole nitrogens is 1. The van der Waals surface area contributed by atoms with Crippen LogP contribution in [0.3, 0.4) is 0 Å². The monoisotopic (exact) mass is 425 g/mol. The highest BCUT2D eigenvalue weighted by Crippen LogP contribution is 2.31. The van der Waals surface area contributed by atoms with Gasteiger partial charge in [0.15, 0.2) is 5.82 Å². The maximum absolute atomic E-state index is 14.1. The topological polar surface area (TPSA) is 48.1 Å². The molecule has 0 bridgehead atoms. The van der Waals surface area contributed by atoms with Crippen LogP contribution >= 0.6 is 15.9 Å². The van der Waals surface area contributed by atoms with Crippen LogP contribution in [0.1, 0.15) is 0 Å². The summed E-state index contributed by atoms with van der Waals surface area (Å²) in [4.78, 5) is 16.8. The lowest BCUT2D eigenvalue weighted by molar-refractivity contribution is 0.596. The lowest BCUT2D eigenvalue weighted by Gasteiger charge is -2.36. The van der Waals surface area contributed by atoms with Gasteiger partial charge < -0.3 is 14.8 Å². The van der Waals surface area contributed by atoms with Crippen LogP contribution in [0.2, 0.25) is 0 Å². The molecule has 1 N–H and O–H groups in total. The van der Waals surface area contributed by atoms with E-state index in [1.54, 1.807) is 12.4 Å². The van der Waals surface area contributed by atoms with E-state index < -0.39 is 0 Å². The second-order valence-corrected chi connectivity index (χ2v) is 7.58. The Morgan fingerprint density at radius 2 is 1.74 bits per heavy atom. The number of fused-ring (bicyclic) bond motifs is 3. The number of benzene rings is 2. The maximum Gasteiger partial charge on any atom is 0.156 e. The van der Waals surface area contributed by atoms with Crippen LogP contribution in [0.15, 0.2) is 53.3 Å². The zero-order chi connectivity index (χ0) is 18.4. The quantitative estimate of drug-likeness (QED) is 0.518. The fraction of sp³-hybridized carbons (Fsp3) is 0.200. The lowest BCUT2D eigenvalue weighted by Crippen LogP contribution is -2.47. The predicted octanol–water partition coefficient (Wildman–Crippen LogP) is 4.34. The van der Waals surface area contributed by atoms with Crippen LogP contribution in [-0.4, -0.2) is 41.1 Å². The normalized spacial score (nSPS) is 15.0. The van der Waals surface area contributed by atoms with Crippen LogP contribution in [-0.2, 0) is 0 Å². The van der Waals surface area contributed by atoms with Crippen molar-refractivity contribution in [3.63, 3.8) is 0 Å². The minimum Gasteiger partial charge on any atom is -0.366 e. The molecule has 0 spiro atoms. The molecule has 0 amide bonds. The average Bonchev–Trinajstić information content (AvgIpc) is 3.07. The highest BCUT2D eigenvalue weighted by molar-refractivity contribution is 9.10. The minimum absolute atomic E-state index is 0.170. The molecule has 0 atom stereocenters. The zero-order valence-electron chi connectivity index (χ0n) is 14.5. The smallest absolute Gasteiger partial charge is 0.156 e. The van der Waals surface area contributed by atoms with E-state index in [0.29, 0.717) is 5.69 Å². The minimum atomic E-state index is -0.170. The maximum atomic E-state index is 14.1. The summed E-state index contributed by atoms with van der Waals surface area (Å²) in [7, 11) is 0. The van der Waals surface area contributed by atoms with E-state index in [0.717, 1.165) is 58.4 Å². The summed E-state index contributed by atoms with van der Waals surface area (Å²) in [5.74, 6) is 0.733. The van der Waals surface area contributed by atoms with Gasteiger partial charge >= 0.3 is 0 Å². The van der Waals surface area contributed by atoms with Gasteiger partial charge in [0.05, 0.1) is 5.69 Å². The average molecular weight is 426 g/mol. The molecule has 136 valence electrons. The fourth-order valence-electron chi connectivity index (χ4n) is 3.76. The third kappa shape index (κ3) is 2.82. The Bertz CT molecular complexity index is 1130. The molecule has 1 aliphatic heterocycles. The Labute approximate surface area is 164 Å². The molecular weight excluding hydrogens is 409 g/mol. The Hall–Kier alpha value is -2.67. The molecule has 2 aromatic heterocycles. The largest absolute Gasteiger partial charge is 0.366 e. The summed E-state index contributed by atoms with van der Waals surface area (Å²) in [5.41, 5.74) is 3.58. The lowest BCUT2D eigenvalue weighted by atomic mass is 10.2. The van der Waals surface area contributed by atoms with Crippen LogP contribution in [0.25, 0.3) is 21.9 Å². The molecule has 5 rings (SSSR count). The van der Waals surface area contributed by atoms with E-state index in [4.69, 9.17) is 0 Å². The second-order valence-electron chi connectivity index (χ2n) is 6.66. The molecule has 1 saturated heterocycles. The van der Waals surface area contributed by atoms with Gasteiger partial charge in [-0.15, -0.1) is 0 Å². The van der Waals surface area contributed by atoms with Gasteiger partial charge in [0, 0.05) is 41.6 Å². The Morgan fingerprint density at radius 1 is 0.963 bits per heavy atom. The number of piperazine rings is 1. The van der Waals surface area contributed by atoms with Crippen molar-refractivity contribution in [2.75, 3.05) is 36.0 Å². The van der Waals surface area contributed by atoms with Crippen molar-refractivity contribution < 1.29 is 4.39 Å². The van der Waals surface area contributed by atoms with Crippen molar-refractivity contribution >= 4 is 49.4 Å². The SMILES string of the molecule is Fc1ccccc1N1CCN(c2ncnc3c2[nH]c2ccc(Br)cc23)CC1. The number of halogens is 2. The number of nitrogens with one attached hydrogen (secondary N) is 1. The van der Waals surface area contributed by atoms with Gasteiger partial charge in [-0.25, -0.2) is 14.4 Å². The van der Waals surface area contributed by atoms with Crippen LogP contribution in [0.4, 0.5) is 15.9 Å². The summed E-state index contributed by atoms with van der Waals surface area (Å²) in [6, 6.07) is 13.1. The zero-order valence-corrected chi connectivity index (χ0v) is 16.1. The second kappa shape index (κ2) is 6.49. The first-order chi connectivity index (χ1) is 13.2. The molecule has 2 aromatic carbocycles. The fourth-order valence-corrected chi connectivity index (χ4v) is 4.12. The third-order valence-electron chi connectivity index (χ3n) is 5.10. The van der Waals surface area contributed by atoms with Gasteiger partial charge in [-0.3, -0.25) is 0 Å². The van der Waals surface area contributed by atoms with Crippen molar-refractivity contribution in [2.24, 2.45) is 0 Å². The summed E-state index contributed by atoms with van der Waals surface area (Å²) >= 11 is 3.53. The Morgan fingerprint density at radius 3 is 2.56 bits per heavy atom. The number of aromatic amines is 1. The van der Waals surface area contributed by atoms with E-state index in [1.165, 1.54) is 6.07 Å². The number of hydrogen-bond acceptors (Lipinski definition) is 4. The van der Waals surface area contributed by atoms with E-state index in [1.807, 2.05) is 24.3 Å². The van der Waals surface area contributed by atoms with Crippen LogP contribution in [0, 0.1) is 5.82 Å². The molecule has 0 saturated carbocycles. The van der Waals surface area contributed by atoms with Gasteiger partial charge in [-0.1, -0.05) is 28.1 Å². The van der Waals surface area contributed by atoms with Gasteiger partial charge in [0.25, 0.3) is 0 Å². The van der Waals surface area contributed by atoms with Gasteiger partial charge in [0.2, 0.25) is 0 Å². The molecule has 5 nitrogen and oxygen atoms in total. The summed E-state index contributed by atoms with van der Waals surface area (Å²) in [6.45, 7) is 3.05. The first-order valence-corrected chi connectivity index (χ1v) is 9.66. The van der Waals surface area contributed by atoms with E-state index in [2.05, 4.69) is 46.7 Å². The number of nitrogens with zero attached hydrogens (tertiary/aromatic N) is 4. The molecule has 3 heterocycles. The van der Waals surface area contributed by atoms with E-state index in [9.17, 15) is 4.39 Å². The van der Waals surface area contributed by atoms with Gasteiger partial charge in [-0.05, 0) is 30.3 Å². The Kier molecular flexibility index (Phi) is 3.97. The third-order valence-corrected chi connectivity index (χ3v) is 5.59. The first kappa shape index (κ1) is 16.5. The first-order valence-electron chi connectivity index (χ1n) is 8.87. The van der Waals surface area contributed by atoms with Crippen LogP contribution in [0.5, 0.6) is 0 Å². The number of para-hydroxylation sites is 1. The number of hydrogen-bond donors (Lipinski definition) is 1. The summed E-state index contributed by atoms with van der Waals surface area (Å²) in [5, 5.41) is 1.08. The number of rotatable bonds is 2. The molecule has 1 aliphatic rings. The molecule has 1 fully saturated rings. The molecular formula is C20H17BrFN5. The van der Waals surface area contributed by atoms with Gasteiger partial charge in [-0.2, -0.15) is 0 Å². The molecule has 0 unspecified atom stereocenters. The highest BCUT2D eigenvalue weighted by atomic mass is 79.9. The van der Waals surface area contributed by atoms with Crippen molar-refractivity contribution in [3.8, 4) is 0 Å². The predicted molar refractivity (Wildman–Crippen MR) is 110 cm³/mol. The van der Waals surface area contributed by atoms with Crippen molar-refractivity contribution in [2.45, 2.75) is 0 Å². The van der Waals surface area contributed by atoms with Crippen molar-refractivity contribution in [1.29, 1.82) is 0 Å². The highest BCUT2D eigenvalue weighted by Gasteiger charge is 2.22. The van der Waals surface area contributed by atoms with Crippen molar-refractivity contribution in [1.82, 2.24) is 15.0 Å². The number of aromatic nitrogens is 3. The van der Waals surface area contributed by atoms with E-state index >= 15 is 0 Å². The molecule has 0 aliphatic carbocycles. The molecule has 4 aromatic rings. The van der Waals surface area contributed by atoms with Crippen LogP contribution < -0.4 is 9.80 Å². The Balaban J connectivity index is 1.47. The number of anilines is 2. The van der Waals surface area contributed by atoms with Gasteiger partial charge in [0.1, 0.15) is 23.2 Å². The molecule has 27 heavy (non-hydrogen) atoms. The van der Waals surface area contributed by atoms with Crippen molar-refractivity contribution in [3.05, 3.63) is 59.1 Å². The summed E-state index contributed by atoms with van der Waals surface area (Å²) in [6.07, 6.45) is 1.62. The standard InChI is InChI=1S/C20H17BrFN5/c21-13-5-6-16-14(11-13)18-19(25-16)20(24-12-23-18)27-9-7-26(8-10-27)17-4-2-1-3-15(17)22/h1-6,11-12,25H,7-10H2. The van der Waals surface area contributed by atoms with E-state index in [-0.39, 0.29) is 5.82 Å². The molecule has 0 radical (unpaired) electrons. The molecule has 7 heteroatoms. The summed E-state index contributed by atoms with van der Waals surface area (Å²) < 4.78 is 15.1.